The number of benzene rings is 4. The first-order valence-corrected chi connectivity index (χ1v) is 12.5. The summed E-state index contributed by atoms with van der Waals surface area (Å²) in [4.78, 5) is 13.9. The predicted molar refractivity (Wildman–Crippen MR) is 146 cm³/mol. The number of hydrogen-bond acceptors (Lipinski definition) is 4. The summed E-state index contributed by atoms with van der Waals surface area (Å²) >= 11 is 0. The van der Waals surface area contributed by atoms with Crippen LogP contribution in [0.1, 0.15) is 28.7 Å². The molecule has 0 N–H and O–H groups in total. The van der Waals surface area contributed by atoms with Crippen molar-refractivity contribution in [1.29, 1.82) is 0 Å². The zero-order chi connectivity index (χ0) is 25.9. The third-order valence-corrected chi connectivity index (χ3v) is 5.91. The zero-order valence-electron chi connectivity index (χ0n) is 21.4. The van der Waals surface area contributed by atoms with Gasteiger partial charge < -0.3 is 19.1 Å². The summed E-state index contributed by atoms with van der Waals surface area (Å²) in [5, 5.41) is 0. The Kier molecular flexibility index (Phi) is 9.19. The molecule has 0 aliphatic rings. The Morgan fingerprint density at radius 3 is 1.41 bits per heavy atom. The molecule has 190 valence electrons. The third-order valence-electron chi connectivity index (χ3n) is 5.91. The van der Waals surface area contributed by atoms with Gasteiger partial charge in [-0.05, 0) is 40.8 Å². The summed E-state index contributed by atoms with van der Waals surface area (Å²) in [7, 11) is 3.54. The van der Waals surface area contributed by atoms with Crippen molar-refractivity contribution in [3.8, 4) is 17.2 Å². The van der Waals surface area contributed by atoms with Crippen LogP contribution in [0.15, 0.2) is 103 Å². The van der Waals surface area contributed by atoms with E-state index >= 15 is 0 Å². The highest BCUT2D eigenvalue weighted by molar-refractivity contribution is 5.75. The number of ether oxygens (including phenoxy) is 3. The number of amides is 1. The number of aryl methyl sites for hydroxylation is 1. The van der Waals surface area contributed by atoms with Crippen molar-refractivity contribution in [2.45, 2.75) is 32.7 Å². The molecule has 0 fully saturated rings. The molecule has 4 aromatic rings. The molecular weight excluding hydrogens is 462 g/mol. The van der Waals surface area contributed by atoms with Crippen molar-refractivity contribution < 1.29 is 19.0 Å². The Balaban J connectivity index is 1.65. The highest BCUT2D eigenvalue weighted by Crippen LogP contribution is 2.40. The van der Waals surface area contributed by atoms with Gasteiger partial charge in [0.05, 0.1) is 0 Å². The van der Waals surface area contributed by atoms with E-state index in [0.29, 0.717) is 49.9 Å². The summed E-state index contributed by atoms with van der Waals surface area (Å²) < 4.78 is 18.9. The van der Waals surface area contributed by atoms with Crippen molar-refractivity contribution >= 4 is 5.91 Å². The van der Waals surface area contributed by atoms with Gasteiger partial charge in [0.15, 0.2) is 11.5 Å². The summed E-state index contributed by atoms with van der Waals surface area (Å²) in [6.07, 6.45) is 0.965. The summed E-state index contributed by atoms with van der Waals surface area (Å²) in [6.45, 7) is 1.16. The fourth-order valence-corrected chi connectivity index (χ4v) is 3.81. The maximum absolute atomic E-state index is 12.3. The van der Waals surface area contributed by atoms with E-state index in [1.165, 1.54) is 0 Å². The fourth-order valence-electron chi connectivity index (χ4n) is 3.81. The average molecular weight is 496 g/mol. The van der Waals surface area contributed by atoms with Crippen LogP contribution in [-0.2, 0) is 31.0 Å². The number of carbonyl (C=O) groups excluding carboxylic acids is 1. The highest BCUT2D eigenvalue weighted by atomic mass is 16.5. The highest BCUT2D eigenvalue weighted by Gasteiger charge is 2.18. The van der Waals surface area contributed by atoms with Crippen molar-refractivity contribution in [1.82, 2.24) is 4.90 Å². The van der Waals surface area contributed by atoms with Gasteiger partial charge in [0.2, 0.25) is 11.7 Å². The number of nitrogens with zero attached hydrogens (tertiary/aromatic N) is 1. The molecule has 0 unspecified atom stereocenters. The van der Waals surface area contributed by atoms with Gasteiger partial charge >= 0.3 is 0 Å². The molecule has 0 atom stereocenters. The lowest BCUT2D eigenvalue weighted by Gasteiger charge is -2.19. The number of hydrogen-bond donors (Lipinski definition) is 0. The van der Waals surface area contributed by atoms with E-state index in [9.17, 15) is 4.79 Å². The second-order valence-corrected chi connectivity index (χ2v) is 9.03. The summed E-state index contributed by atoms with van der Waals surface area (Å²) in [5.74, 6) is 1.82. The van der Waals surface area contributed by atoms with Gasteiger partial charge in [-0.2, -0.15) is 0 Å². The Bertz CT molecular complexity index is 1190. The molecule has 0 bridgehead atoms. The second-order valence-electron chi connectivity index (χ2n) is 9.03. The van der Waals surface area contributed by atoms with Gasteiger partial charge in [-0.3, -0.25) is 4.79 Å². The molecule has 5 nitrogen and oxygen atoms in total. The zero-order valence-corrected chi connectivity index (χ0v) is 21.4. The van der Waals surface area contributed by atoms with Crippen LogP contribution in [0.25, 0.3) is 0 Å². The van der Waals surface area contributed by atoms with Gasteiger partial charge in [0.1, 0.15) is 19.8 Å². The normalized spacial score (nSPS) is 10.5. The molecule has 1 amide bonds. The first kappa shape index (κ1) is 25.8. The first-order valence-electron chi connectivity index (χ1n) is 12.5. The largest absolute Gasteiger partial charge is 0.485 e. The third kappa shape index (κ3) is 7.87. The maximum atomic E-state index is 12.3. The number of rotatable bonds is 12. The lowest BCUT2D eigenvalue weighted by atomic mass is 10.1. The SMILES string of the molecule is CN(C)C(=O)CCc1cc(OCc2ccccc2)c(OCc2ccccc2)c(OCc2ccccc2)c1. The van der Waals surface area contributed by atoms with E-state index in [1.807, 2.05) is 103 Å². The summed E-state index contributed by atoms with van der Waals surface area (Å²) in [5.41, 5.74) is 4.10. The van der Waals surface area contributed by atoms with Crippen molar-refractivity contribution in [3.05, 3.63) is 125 Å². The molecule has 4 aromatic carbocycles. The van der Waals surface area contributed by atoms with Crippen LogP contribution < -0.4 is 14.2 Å². The molecule has 0 saturated carbocycles. The molecule has 5 heteroatoms. The molecule has 0 saturated heterocycles. The van der Waals surface area contributed by atoms with E-state index in [1.54, 1.807) is 19.0 Å². The van der Waals surface area contributed by atoms with Crippen LogP contribution in [0.3, 0.4) is 0 Å². The molecule has 0 aromatic heterocycles. The number of carbonyl (C=O) groups is 1. The minimum Gasteiger partial charge on any atom is -0.485 e. The molecule has 0 heterocycles. The van der Waals surface area contributed by atoms with Gasteiger partial charge in [0.25, 0.3) is 0 Å². The van der Waals surface area contributed by atoms with E-state index in [4.69, 9.17) is 14.2 Å². The maximum Gasteiger partial charge on any atom is 0.222 e. The first-order chi connectivity index (χ1) is 18.1. The summed E-state index contributed by atoms with van der Waals surface area (Å²) in [6, 6.07) is 33.9. The molecular formula is C32H33NO4. The minimum absolute atomic E-state index is 0.0721. The predicted octanol–water partition coefficient (Wildman–Crippen LogP) is 6.44. The van der Waals surface area contributed by atoms with Gasteiger partial charge in [-0.1, -0.05) is 91.0 Å². The lowest BCUT2D eigenvalue weighted by Crippen LogP contribution is -2.21. The van der Waals surface area contributed by atoms with E-state index in [-0.39, 0.29) is 5.91 Å². The Labute approximate surface area is 219 Å². The minimum atomic E-state index is 0.0721. The molecule has 0 aliphatic heterocycles. The van der Waals surface area contributed by atoms with Crippen LogP contribution in [0.2, 0.25) is 0 Å². The van der Waals surface area contributed by atoms with E-state index in [0.717, 1.165) is 22.3 Å². The average Bonchev–Trinajstić information content (AvgIpc) is 2.94. The second kappa shape index (κ2) is 13.2. The van der Waals surface area contributed by atoms with Crippen LogP contribution >= 0.6 is 0 Å². The van der Waals surface area contributed by atoms with Crippen LogP contribution in [0, 0.1) is 0 Å². The van der Waals surface area contributed by atoms with E-state index < -0.39 is 0 Å². The van der Waals surface area contributed by atoms with Crippen LogP contribution in [0.4, 0.5) is 0 Å². The van der Waals surface area contributed by atoms with Crippen LogP contribution in [0.5, 0.6) is 17.2 Å². The molecule has 37 heavy (non-hydrogen) atoms. The van der Waals surface area contributed by atoms with Gasteiger partial charge in [-0.15, -0.1) is 0 Å². The molecule has 0 radical (unpaired) electrons. The molecule has 4 rings (SSSR count). The smallest absolute Gasteiger partial charge is 0.222 e. The Morgan fingerprint density at radius 2 is 1.00 bits per heavy atom. The quantitative estimate of drug-likeness (QED) is 0.227. The molecule has 0 spiro atoms. The van der Waals surface area contributed by atoms with E-state index in [2.05, 4.69) is 0 Å². The van der Waals surface area contributed by atoms with Gasteiger partial charge in [0, 0.05) is 20.5 Å². The molecule has 0 aliphatic carbocycles. The van der Waals surface area contributed by atoms with Crippen molar-refractivity contribution in [2.75, 3.05) is 14.1 Å². The van der Waals surface area contributed by atoms with Crippen molar-refractivity contribution in [3.63, 3.8) is 0 Å². The van der Waals surface area contributed by atoms with Crippen molar-refractivity contribution in [2.24, 2.45) is 0 Å². The standard InChI is InChI=1S/C32H33NO4/c1-33(2)31(34)19-18-28-20-29(35-22-25-12-6-3-7-13-25)32(37-24-27-16-10-5-11-17-27)30(21-28)36-23-26-14-8-4-9-15-26/h3-17,20-21H,18-19,22-24H2,1-2H3. The fraction of sp³-hybridized carbons (Fsp3) is 0.219. The topological polar surface area (TPSA) is 48.0 Å². The monoisotopic (exact) mass is 495 g/mol. The van der Waals surface area contributed by atoms with Crippen LogP contribution in [-0.4, -0.2) is 24.9 Å². The Hall–Kier alpha value is -4.25. The van der Waals surface area contributed by atoms with Gasteiger partial charge in [-0.25, -0.2) is 0 Å². The lowest BCUT2D eigenvalue weighted by molar-refractivity contribution is -0.128. The Morgan fingerprint density at radius 1 is 0.595 bits per heavy atom.